The zero-order chi connectivity index (χ0) is 14.5. The number of rotatable bonds is 4. The molecule has 1 fully saturated rings. The number of hydrogen-bond acceptors (Lipinski definition) is 3. The molecule has 0 aromatic heterocycles. The van der Waals surface area contributed by atoms with Crippen LogP contribution in [0.4, 0.5) is 4.79 Å². The summed E-state index contributed by atoms with van der Waals surface area (Å²) in [5.41, 5.74) is 1.08. The van der Waals surface area contributed by atoms with E-state index in [2.05, 4.69) is 5.32 Å². The summed E-state index contributed by atoms with van der Waals surface area (Å²) in [6, 6.07) is 6.25. The van der Waals surface area contributed by atoms with Gasteiger partial charge >= 0.3 is 12.0 Å². The number of aliphatic hydroxyl groups is 1. The summed E-state index contributed by atoms with van der Waals surface area (Å²) in [6.45, 7) is 1.72. The van der Waals surface area contributed by atoms with Crippen LogP contribution in [0.5, 0.6) is 0 Å². The maximum absolute atomic E-state index is 11.9. The van der Waals surface area contributed by atoms with E-state index in [1.807, 2.05) is 0 Å². The molecule has 0 bridgehead atoms. The van der Waals surface area contributed by atoms with E-state index in [0.717, 1.165) is 12.0 Å². The van der Waals surface area contributed by atoms with Gasteiger partial charge in [0.25, 0.3) is 0 Å². The molecule has 1 unspecified atom stereocenters. The average Bonchev–Trinajstić information content (AvgIpc) is 2.94. The molecule has 2 rings (SSSR count). The monoisotopic (exact) mass is 278 g/mol. The lowest BCUT2D eigenvalue weighted by Crippen LogP contribution is -2.38. The van der Waals surface area contributed by atoms with Crippen molar-refractivity contribution in [3.8, 4) is 0 Å². The van der Waals surface area contributed by atoms with Crippen molar-refractivity contribution in [2.75, 3.05) is 19.7 Å². The van der Waals surface area contributed by atoms with Crippen LogP contribution in [-0.2, 0) is 6.54 Å². The Balaban J connectivity index is 1.83. The number of amides is 2. The predicted octanol–water partition coefficient (Wildman–Crippen LogP) is 0.909. The fourth-order valence-electron chi connectivity index (χ4n) is 2.22. The predicted molar refractivity (Wildman–Crippen MR) is 72.4 cm³/mol. The average molecular weight is 278 g/mol. The van der Waals surface area contributed by atoms with Crippen LogP contribution in [-0.4, -0.2) is 46.8 Å². The highest BCUT2D eigenvalue weighted by molar-refractivity contribution is 5.87. The van der Waals surface area contributed by atoms with Crippen molar-refractivity contribution in [1.82, 2.24) is 10.2 Å². The van der Waals surface area contributed by atoms with Crippen LogP contribution in [0.3, 0.4) is 0 Å². The number of aromatic carboxylic acids is 1. The lowest BCUT2D eigenvalue weighted by atomic mass is 10.1. The molecule has 20 heavy (non-hydrogen) atoms. The van der Waals surface area contributed by atoms with Crippen LogP contribution >= 0.6 is 0 Å². The van der Waals surface area contributed by atoms with Gasteiger partial charge in [-0.05, 0) is 24.1 Å². The lowest BCUT2D eigenvalue weighted by Gasteiger charge is -2.17. The van der Waals surface area contributed by atoms with Gasteiger partial charge in [-0.2, -0.15) is 0 Å². The van der Waals surface area contributed by atoms with Gasteiger partial charge in [0.2, 0.25) is 0 Å². The van der Waals surface area contributed by atoms with Gasteiger partial charge in [0, 0.05) is 32.2 Å². The first-order chi connectivity index (χ1) is 9.60. The second-order valence-corrected chi connectivity index (χ2v) is 4.94. The number of hydrogen-bond donors (Lipinski definition) is 3. The Morgan fingerprint density at radius 1 is 1.30 bits per heavy atom. The van der Waals surface area contributed by atoms with Crippen LogP contribution < -0.4 is 5.32 Å². The molecule has 1 heterocycles. The minimum absolute atomic E-state index is 0.112. The van der Waals surface area contributed by atoms with Crippen LogP contribution in [0.2, 0.25) is 0 Å². The van der Waals surface area contributed by atoms with Gasteiger partial charge in [-0.25, -0.2) is 9.59 Å². The first-order valence-electron chi connectivity index (χ1n) is 6.56. The fourth-order valence-corrected chi connectivity index (χ4v) is 2.22. The normalized spacial score (nSPS) is 18.1. The number of carboxylic acids is 1. The Morgan fingerprint density at radius 3 is 2.55 bits per heavy atom. The van der Waals surface area contributed by atoms with E-state index < -0.39 is 5.97 Å². The number of nitrogens with zero attached hydrogens (tertiary/aromatic N) is 1. The maximum atomic E-state index is 11.9. The third-order valence-electron chi connectivity index (χ3n) is 3.48. The molecule has 1 aliphatic heterocycles. The maximum Gasteiger partial charge on any atom is 0.335 e. The van der Waals surface area contributed by atoms with E-state index in [1.54, 1.807) is 17.0 Å². The highest BCUT2D eigenvalue weighted by Gasteiger charge is 2.25. The van der Waals surface area contributed by atoms with Gasteiger partial charge in [0.15, 0.2) is 0 Å². The van der Waals surface area contributed by atoms with Crippen molar-refractivity contribution < 1.29 is 19.8 Å². The van der Waals surface area contributed by atoms with Crippen molar-refractivity contribution in [2.45, 2.75) is 13.0 Å². The number of carboxylic acid groups (broad SMARTS) is 1. The molecule has 0 spiro atoms. The zero-order valence-electron chi connectivity index (χ0n) is 11.1. The van der Waals surface area contributed by atoms with Crippen molar-refractivity contribution in [1.29, 1.82) is 0 Å². The summed E-state index contributed by atoms with van der Waals surface area (Å²) >= 11 is 0. The van der Waals surface area contributed by atoms with E-state index in [1.165, 1.54) is 12.1 Å². The van der Waals surface area contributed by atoms with Crippen molar-refractivity contribution >= 4 is 12.0 Å². The van der Waals surface area contributed by atoms with Gasteiger partial charge in [-0.1, -0.05) is 12.1 Å². The first kappa shape index (κ1) is 14.3. The van der Waals surface area contributed by atoms with E-state index >= 15 is 0 Å². The molecule has 0 radical (unpaired) electrons. The van der Waals surface area contributed by atoms with Gasteiger partial charge in [-0.3, -0.25) is 0 Å². The van der Waals surface area contributed by atoms with E-state index in [4.69, 9.17) is 10.2 Å². The number of carbonyl (C=O) groups excluding carboxylic acids is 1. The second kappa shape index (κ2) is 6.38. The fraction of sp³-hybridized carbons (Fsp3) is 0.429. The molecule has 0 aliphatic carbocycles. The second-order valence-electron chi connectivity index (χ2n) is 4.94. The SMILES string of the molecule is O=C(O)c1ccc(CNC(=O)N2CCC(CO)C2)cc1. The minimum atomic E-state index is -0.965. The third-order valence-corrected chi connectivity index (χ3v) is 3.48. The van der Waals surface area contributed by atoms with E-state index in [9.17, 15) is 9.59 Å². The zero-order valence-corrected chi connectivity index (χ0v) is 11.1. The number of likely N-dealkylation sites (tertiary alicyclic amines) is 1. The minimum Gasteiger partial charge on any atom is -0.478 e. The molecular formula is C14H18N2O4. The summed E-state index contributed by atoms with van der Waals surface area (Å²) in [5, 5.41) is 20.6. The van der Waals surface area contributed by atoms with Crippen molar-refractivity contribution in [3.63, 3.8) is 0 Å². The summed E-state index contributed by atoms with van der Waals surface area (Å²) in [5.74, 6) is -0.789. The number of nitrogens with one attached hydrogen (secondary N) is 1. The summed E-state index contributed by atoms with van der Waals surface area (Å²) in [7, 11) is 0. The van der Waals surface area contributed by atoms with Crippen LogP contribution in [0.25, 0.3) is 0 Å². The molecule has 108 valence electrons. The number of aliphatic hydroxyl groups excluding tert-OH is 1. The third kappa shape index (κ3) is 3.48. The van der Waals surface area contributed by atoms with Gasteiger partial charge in [0.1, 0.15) is 0 Å². The van der Waals surface area contributed by atoms with Gasteiger partial charge in [0.05, 0.1) is 5.56 Å². The molecule has 1 saturated heterocycles. The molecule has 1 aromatic rings. The van der Waals surface area contributed by atoms with E-state index in [0.29, 0.717) is 19.6 Å². The molecule has 1 atom stereocenters. The van der Waals surface area contributed by atoms with Gasteiger partial charge < -0.3 is 20.4 Å². The van der Waals surface area contributed by atoms with Crippen molar-refractivity contribution in [2.24, 2.45) is 5.92 Å². The Labute approximate surface area is 117 Å². The molecule has 1 aliphatic rings. The molecule has 6 nitrogen and oxygen atoms in total. The summed E-state index contributed by atoms with van der Waals surface area (Å²) in [6.07, 6.45) is 0.831. The Hall–Kier alpha value is -2.08. The molecular weight excluding hydrogens is 260 g/mol. The molecule has 3 N–H and O–H groups in total. The van der Waals surface area contributed by atoms with Crippen LogP contribution in [0.15, 0.2) is 24.3 Å². The van der Waals surface area contributed by atoms with E-state index in [-0.39, 0.29) is 24.1 Å². The molecule has 6 heteroatoms. The Kier molecular flexibility index (Phi) is 4.57. The lowest BCUT2D eigenvalue weighted by molar-refractivity contribution is 0.0697. The molecule has 2 amide bonds. The Morgan fingerprint density at radius 2 is 2.00 bits per heavy atom. The number of carbonyl (C=O) groups is 2. The first-order valence-corrected chi connectivity index (χ1v) is 6.56. The Bertz CT molecular complexity index is 486. The number of urea groups is 1. The standard InChI is InChI=1S/C14H18N2O4/c17-9-11-5-6-16(8-11)14(20)15-7-10-1-3-12(4-2-10)13(18)19/h1-4,11,17H,5-9H2,(H,15,20)(H,18,19). The topological polar surface area (TPSA) is 89.9 Å². The molecule has 1 aromatic carbocycles. The van der Waals surface area contributed by atoms with Crippen molar-refractivity contribution in [3.05, 3.63) is 35.4 Å². The smallest absolute Gasteiger partial charge is 0.335 e. The quantitative estimate of drug-likeness (QED) is 0.763. The largest absolute Gasteiger partial charge is 0.478 e. The molecule has 0 saturated carbocycles. The summed E-state index contributed by atoms with van der Waals surface area (Å²) in [4.78, 5) is 24.3. The summed E-state index contributed by atoms with van der Waals surface area (Å²) < 4.78 is 0. The number of benzene rings is 1. The van der Waals surface area contributed by atoms with Gasteiger partial charge in [-0.15, -0.1) is 0 Å². The highest BCUT2D eigenvalue weighted by Crippen LogP contribution is 2.15. The van der Waals surface area contributed by atoms with Crippen LogP contribution in [0.1, 0.15) is 22.3 Å². The highest BCUT2D eigenvalue weighted by atomic mass is 16.4. The van der Waals surface area contributed by atoms with Crippen LogP contribution in [0, 0.1) is 5.92 Å².